The highest BCUT2D eigenvalue weighted by Gasteiger charge is 2.48. The van der Waals surface area contributed by atoms with Gasteiger partial charge in [0.05, 0.1) is 6.61 Å². The van der Waals surface area contributed by atoms with Crippen LogP contribution < -0.4 is 0 Å². The fourth-order valence-corrected chi connectivity index (χ4v) is 2.76. The second kappa shape index (κ2) is 5.90. The molecule has 1 aliphatic heterocycles. The number of esters is 1. The normalized spacial score (nSPS) is 24.6. The zero-order valence-corrected chi connectivity index (χ0v) is 13.0. The van der Waals surface area contributed by atoms with Crippen molar-refractivity contribution in [3.8, 4) is 0 Å². The van der Waals surface area contributed by atoms with Gasteiger partial charge in [-0.15, -0.1) is 0 Å². The van der Waals surface area contributed by atoms with E-state index in [2.05, 4.69) is 0 Å². The van der Waals surface area contributed by atoms with E-state index in [0.717, 1.165) is 0 Å². The summed E-state index contributed by atoms with van der Waals surface area (Å²) >= 11 is 12.4. The van der Waals surface area contributed by atoms with Crippen LogP contribution >= 0.6 is 23.2 Å². The van der Waals surface area contributed by atoms with Crippen molar-refractivity contribution in [2.45, 2.75) is 38.8 Å². The molecule has 0 radical (unpaired) electrons. The van der Waals surface area contributed by atoms with Crippen LogP contribution in [0.2, 0.25) is 10.0 Å². The molecule has 0 aliphatic carbocycles. The Morgan fingerprint density at radius 1 is 1.30 bits per heavy atom. The van der Waals surface area contributed by atoms with Crippen molar-refractivity contribution in [1.82, 2.24) is 0 Å². The van der Waals surface area contributed by atoms with Crippen LogP contribution in [0.4, 0.5) is 0 Å². The van der Waals surface area contributed by atoms with Crippen LogP contribution in [0.25, 0.3) is 0 Å². The smallest absolute Gasteiger partial charge is 0.338 e. The third kappa shape index (κ3) is 3.09. The first-order chi connectivity index (χ1) is 9.35. The third-order valence-corrected chi connectivity index (χ3v) is 3.56. The molecule has 0 spiro atoms. The fraction of sp³-hybridized carbons (Fsp3) is 0.500. The van der Waals surface area contributed by atoms with Crippen LogP contribution in [0.3, 0.4) is 0 Å². The zero-order valence-electron chi connectivity index (χ0n) is 11.5. The Kier molecular flexibility index (Phi) is 4.59. The molecule has 4 nitrogen and oxygen atoms in total. The number of ether oxygens (including phenoxy) is 3. The molecule has 1 aromatic carbocycles. The predicted octanol–water partition coefficient (Wildman–Crippen LogP) is 3.75. The molecule has 2 rings (SSSR count). The number of carbonyl (C=O) groups is 1. The van der Waals surface area contributed by atoms with Gasteiger partial charge in [-0.25, -0.2) is 4.79 Å². The highest BCUT2D eigenvalue weighted by atomic mass is 35.5. The average molecular weight is 319 g/mol. The number of hydrogen-bond donors (Lipinski definition) is 0. The van der Waals surface area contributed by atoms with E-state index in [1.165, 1.54) is 0 Å². The van der Waals surface area contributed by atoms with Crippen molar-refractivity contribution in [3.05, 3.63) is 33.8 Å². The van der Waals surface area contributed by atoms with Crippen molar-refractivity contribution in [2.75, 3.05) is 6.61 Å². The molecule has 0 amide bonds. The minimum Gasteiger partial charge on any atom is -0.464 e. The first-order valence-electron chi connectivity index (χ1n) is 6.32. The van der Waals surface area contributed by atoms with Crippen molar-refractivity contribution in [3.63, 3.8) is 0 Å². The Labute approximate surface area is 127 Å². The van der Waals surface area contributed by atoms with Gasteiger partial charge in [0.25, 0.3) is 0 Å². The zero-order chi connectivity index (χ0) is 14.9. The second-order valence-electron chi connectivity index (χ2n) is 4.86. The van der Waals surface area contributed by atoms with Crippen LogP contribution in [0.5, 0.6) is 0 Å². The van der Waals surface area contributed by atoms with E-state index in [1.807, 2.05) is 0 Å². The maximum atomic E-state index is 12.0. The summed E-state index contributed by atoms with van der Waals surface area (Å²) in [5.41, 5.74) is 0.541. The highest BCUT2D eigenvalue weighted by Crippen LogP contribution is 2.43. The average Bonchev–Trinajstić information content (AvgIpc) is 2.65. The van der Waals surface area contributed by atoms with E-state index < -0.39 is 24.0 Å². The standard InChI is InChI=1S/C14H16Cl2O4/c1-4-18-13(17)12-11(19-14(2,3)20-12)10-8(15)6-5-7-9(10)16/h5-7,11-12H,4H2,1-3H3/t11-,12-/m0/s1. The van der Waals surface area contributed by atoms with Gasteiger partial charge in [0, 0.05) is 15.6 Å². The second-order valence-corrected chi connectivity index (χ2v) is 5.68. The van der Waals surface area contributed by atoms with Crippen LogP contribution in [-0.2, 0) is 19.0 Å². The summed E-state index contributed by atoms with van der Waals surface area (Å²) in [6.45, 7) is 5.45. The highest BCUT2D eigenvalue weighted by molar-refractivity contribution is 6.36. The van der Waals surface area contributed by atoms with Gasteiger partial charge in [-0.3, -0.25) is 0 Å². The molecule has 0 bridgehead atoms. The lowest BCUT2D eigenvalue weighted by Crippen LogP contribution is -2.30. The van der Waals surface area contributed by atoms with Gasteiger partial charge in [-0.1, -0.05) is 29.3 Å². The van der Waals surface area contributed by atoms with Crippen molar-refractivity contribution < 1.29 is 19.0 Å². The molecule has 2 atom stereocenters. The summed E-state index contributed by atoms with van der Waals surface area (Å²) in [5.74, 6) is -1.40. The Hall–Kier alpha value is -0.810. The molecule has 6 heteroatoms. The summed E-state index contributed by atoms with van der Waals surface area (Å²) in [5, 5.41) is 0.858. The summed E-state index contributed by atoms with van der Waals surface area (Å²) in [6.07, 6.45) is -1.58. The molecule has 1 aromatic rings. The number of rotatable bonds is 3. The number of hydrogen-bond acceptors (Lipinski definition) is 4. The fourth-order valence-electron chi connectivity index (χ4n) is 2.15. The molecular formula is C14H16Cl2O4. The van der Waals surface area contributed by atoms with Gasteiger partial charge in [0.1, 0.15) is 6.10 Å². The van der Waals surface area contributed by atoms with Crippen LogP contribution in [0, 0.1) is 0 Å². The first-order valence-corrected chi connectivity index (χ1v) is 7.07. The summed E-state index contributed by atoms with van der Waals surface area (Å²) in [6, 6.07) is 5.12. The molecular weight excluding hydrogens is 303 g/mol. The Morgan fingerprint density at radius 3 is 2.45 bits per heavy atom. The Balaban J connectivity index is 2.39. The van der Waals surface area contributed by atoms with E-state index in [1.54, 1.807) is 39.0 Å². The monoisotopic (exact) mass is 318 g/mol. The number of halogens is 2. The van der Waals surface area contributed by atoms with Crippen LogP contribution in [0.15, 0.2) is 18.2 Å². The Bertz CT molecular complexity index is 496. The lowest BCUT2D eigenvalue weighted by molar-refractivity contribution is -0.170. The van der Waals surface area contributed by atoms with Crippen LogP contribution in [0.1, 0.15) is 32.4 Å². The van der Waals surface area contributed by atoms with Gasteiger partial charge in [0.2, 0.25) is 0 Å². The van der Waals surface area contributed by atoms with E-state index in [4.69, 9.17) is 37.4 Å². The molecule has 0 aromatic heterocycles. The van der Waals surface area contributed by atoms with E-state index in [0.29, 0.717) is 15.6 Å². The van der Waals surface area contributed by atoms with E-state index >= 15 is 0 Å². The number of benzene rings is 1. The van der Waals surface area contributed by atoms with Crippen LogP contribution in [-0.4, -0.2) is 24.5 Å². The number of carbonyl (C=O) groups excluding carboxylic acids is 1. The third-order valence-electron chi connectivity index (χ3n) is 2.90. The largest absolute Gasteiger partial charge is 0.464 e. The van der Waals surface area contributed by atoms with Gasteiger partial charge in [0.15, 0.2) is 11.9 Å². The van der Waals surface area contributed by atoms with Gasteiger partial charge >= 0.3 is 5.97 Å². The Morgan fingerprint density at radius 2 is 1.90 bits per heavy atom. The quantitative estimate of drug-likeness (QED) is 0.796. The lowest BCUT2D eigenvalue weighted by atomic mass is 10.0. The summed E-state index contributed by atoms with van der Waals surface area (Å²) < 4.78 is 16.4. The van der Waals surface area contributed by atoms with E-state index in [-0.39, 0.29) is 6.61 Å². The first kappa shape index (κ1) is 15.6. The maximum absolute atomic E-state index is 12.0. The lowest BCUT2D eigenvalue weighted by Gasteiger charge is -2.18. The van der Waals surface area contributed by atoms with Crippen molar-refractivity contribution >= 4 is 29.2 Å². The van der Waals surface area contributed by atoms with Gasteiger partial charge < -0.3 is 14.2 Å². The molecule has 0 N–H and O–H groups in total. The summed E-state index contributed by atoms with van der Waals surface area (Å²) in [4.78, 5) is 12.0. The van der Waals surface area contributed by atoms with Crippen molar-refractivity contribution in [2.24, 2.45) is 0 Å². The minimum atomic E-state index is -0.912. The molecule has 1 heterocycles. The minimum absolute atomic E-state index is 0.266. The molecule has 0 unspecified atom stereocenters. The van der Waals surface area contributed by atoms with Gasteiger partial charge in [-0.2, -0.15) is 0 Å². The molecule has 20 heavy (non-hydrogen) atoms. The molecule has 1 saturated heterocycles. The predicted molar refractivity (Wildman–Crippen MR) is 75.9 cm³/mol. The molecule has 110 valence electrons. The maximum Gasteiger partial charge on any atom is 0.338 e. The molecule has 1 fully saturated rings. The molecule has 1 aliphatic rings. The SMILES string of the molecule is CCOC(=O)[C@H]1OC(C)(C)O[C@H]1c1c(Cl)cccc1Cl. The molecule has 0 saturated carbocycles. The van der Waals surface area contributed by atoms with Crippen molar-refractivity contribution in [1.29, 1.82) is 0 Å². The topological polar surface area (TPSA) is 44.8 Å². The van der Waals surface area contributed by atoms with Gasteiger partial charge in [-0.05, 0) is 32.9 Å². The van der Waals surface area contributed by atoms with E-state index in [9.17, 15) is 4.79 Å². The summed E-state index contributed by atoms with van der Waals surface area (Å²) in [7, 11) is 0.